The molecule has 6 rings (SSSR count). The summed E-state index contributed by atoms with van der Waals surface area (Å²) in [6.45, 7) is 17.2. The molecule has 1 saturated carbocycles. The molecule has 3 aromatic rings. The van der Waals surface area contributed by atoms with Crippen LogP contribution in [0, 0.1) is 30.6 Å². The highest BCUT2D eigenvalue weighted by Crippen LogP contribution is 2.47. The van der Waals surface area contributed by atoms with E-state index >= 15 is 0 Å². The maximum Gasteiger partial charge on any atom is 0.264 e. The number of nitrogens with zero attached hydrogens (tertiary/aromatic N) is 5. The van der Waals surface area contributed by atoms with Crippen LogP contribution >= 0.6 is 0 Å². The number of amides is 1. The average molecular weight is 706 g/mol. The van der Waals surface area contributed by atoms with Crippen molar-refractivity contribution in [3.05, 3.63) is 91.9 Å². The molecule has 3 heterocycles. The van der Waals surface area contributed by atoms with Gasteiger partial charge < -0.3 is 18.9 Å². The zero-order valence-electron chi connectivity index (χ0n) is 32.6. The van der Waals surface area contributed by atoms with Crippen molar-refractivity contribution in [2.24, 2.45) is 12.5 Å². The second kappa shape index (κ2) is 14.6. The van der Waals surface area contributed by atoms with Crippen molar-refractivity contribution in [2.45, 2.75) is 91.9 Å². The summed E-state index contributed by atoms with van der Waals surface area (Å²) < 4.78 is 13.7. The molecule has 1 aliphatic carbocycles. The number of nitriles is 1. The van der Waals surface area contributed by atoms with E-state index in [0.717, 1.165) is 97.7 Å². The second-order valence-corrected chi connectivity index (χ2v) is 16.1. The van der Waals surface area contributed by atoms with Gasteiger partial charge in [-0.15, -0.1) is 0 Å². The third kappa shape index (κ3) is 7.16. The van der Waals surface area contributed by atoms with E-state index in [0.29, 0.717) is 6.54 Å². The van der Waals surface area contributed by atoms with Crippen LogP contribution in [0.1, 0.15) is 86.4 Å². The number of pyridine rings is 1. The van der Waals surface area contributed by atoms with E-state index in [1.807, 2.05) is 45.7 Å². The highest BCUT2D eigenvalue weighted by molar-refractivity contribution is 5.97. The topological polar surface area (TPSA) is 91.0 Å². The first kappa shape index (κ1) is 37.4. The van der Waals surface area contributed by atoms with Crippen LogP contribution in [0.4, 0.5) is 0 Å². The fraction of sp³-hybridized carbons (Fsp3) is 0.512. The number of benzene rings is 2. The van der Waals surface area contributed by atoms with Gasteiger partial charge in [-0.3, -0.25) is 19.4 Å². The van der Waals surface area contributed by atoms with Gasteiger partial charge in [0, 0.05) is 69.2 Å². The number of fused-ring (bicyclic) bond motifs is 1. The predicted octanol–water partition coefficient (Wildman–Crippen LogP) is 6.87. The van der Waals surface area contributed by atoms with E-state index in [4.69, 9.17) is 9.47 Å². The molecular formula is C43H55N5O4. The number of allylic oxidation sites excluding steroid dienone is 1. The summed E-state index contributed by atoms with van der Waals surface area (Å²) in [6.07, 6.45) is 7.62. The van der Waals surface area contributed by atoms with Crippen LogP contribution in [0.2, 0.25) is 0 Å². The van der Waals surface area contributed by atoms with Gasteiger partial charge in [-0.05, 0) is 84.9 Å². The first-order valence-corrected chi connectivity index (χ1v) is 18.7. The Morgan fingerprint density at radius 2 is 1.73 bits per heavy atom. The van der Waals surface area contributed by atoms with Gasteiger partial charge in [-0.25, -0.2) is 0 Å². The number of aromatic nitrogens is 1. The SMILES string of the molecule is CCC1c2cccc(CN3CCN(Cc4c(OC)cc(-c5cn(C)c(=O)c(C)c5C)cc4OC)C4(CC4)C3)c2CCN1C(=O)/C(C#N)=C\C(C)(C)C. The van der Waals surface area contributed by atoms with E-state index in [9.17, 15) is 14.9 Å². The molecule has 1 amide bonds. The lowest BCUT2D eigenvalue weighted by Crippen LogP contribution is -2.54. The van der Waals surface area contributed by atoms with E-state index in [1.54, 1.807) is 31.9 Å². The van der Waals surface area contributed by atoms with Gasteiger partial charge in [0.05, 0.1) is 25.8 Å². The summed E-state index contributed by atoms with van der Waals surface area (Å²) in [4.78, 5) is 33.3. The number of carbonyl (C=O) groups is 1. The van der Waals surface area contributed by atoms with Crippen LogP contribution in [0.25, 0.3) is 11.1 Å². The van der Waals surface area contributed by atoms with Crippen molar-refractivity contribution in [3.63, 3.8) is 0 Å². The first-order chi connectivity index (χ1) is 24.7. The largest absolute Gasteiger partial charge is 0.496 e. The zero-order valence-corrected chi connectivity index (χ0v) is 32.6. The molecule has 2 aromatic carbocycles. The molecular weight excluding hydrogens is 651 g/mol. The number of methoxy groups -OCH3 is 2. The van der Waals surface area contributed by atoms with Crippen LogP contribution in [-0.4, -0.2) is 71.1 Å². The second-order valence-electron chi connectivity index (χ2n) is 16.1. The van der Waals surface area contributed by atoms with Crippen LogP contribution in [0.5, 0.6) is 11.5 Å². The summed E-state index contributed by atoms with van der Waals surface area (Å²) in [7, 11) is 5.23. The van der Waals surface area contributed by atoms with Crippen molar-refractivity contribution in [1.29, 1.82) is 5.26 Å². The lowest BCUT2D eigenvalue weighted by molar-refractivity contribution is -0.129. The third-order valence-corrected chi connectivity index (χ3v) is 11.5. The smallest absolute Gasteiger partial charge is 0.264 e. The number of rotatable bonds is 9. The van der Waals surface area contributed by atoms with Gasteiger partial charge >= 0.3 is 0 Å². The highest BCUT2D eigenvalue weighted by atomic mass is 16.5. The van der Waals surface area contributed by atoms with Crippen molar-refractivity contribution in [2.75, 3.05) is 40.4 Å². The quantitative estimate of drug-likeness (QED) is 0.177. The highest BCUT2D eigenvalue weighted by Gasteiger charge is 2.51. The maximum atomic E-state index is 13.6. The standard InChI is InChI=1S/C43H55N5O4/c1-10-37-34-13-11-12-30(33(34)14-17-48(37)41(50)32(23-44)22-42(4,5)6)24-46-18-19-47(43(27-46)15-16-43)26-36-38(51-8)20-31(21-39(36)52-9)35-25-45(7)40(49)29(3)28(35)2/h11-13,20-22,25,37H,10,14-19,24,26-27H2,1-9H3/b32-22-. The number of piperazine rings is 1. The molecule has 52 heavy (non-hydrogen) atoms. The molecule has 9 heteroatoms. The minimum atomic E-state index is -0.251. The molecule has 9 nitrogen and oxygen atoms in total. The molecule has 1 spiro atoms. The Morgan fingerprint density at radius 3 is 2.33 bits per heavy atom. The van der Waals surface area contributed by atoms with E-state index in [2.05, 4.69) is 53.1 Å². The minimum absolute atomic E-state index is 0.0148. The summed E-state index contributed by atoms with van der Waals surface area (Å²) >= 11 is 0. The van der Waals surface area contributed by atoms with E-state index < -0.39 is 0 Å². The van der Waals surface area contributed by atoms with Gasteiger partial charge in [-0.2, -0.15) is 5.26 Å². The summed E-state index contributed by atoms with van der Waals surface area (Å²) in [5, 5.41) is 9.86. The fourth-order valence-electron chi connectivity index (χ4n) is 8.48. The molecule has 0 N–H and O–H groups in total. The lowest BCUT2D eigenvalue weighted by atomic mass is 9.86. The molecule has 3 aliphatic rings. The van der Waals surface area contributed by atoms with Crippen LogP contribution in [-0.2, 0) is 31.4 Å². The summed E-state index contributed by atoms with van der Waals surface area (Å²) in [5.41, 5.74) is 8.77. The lowest BCUT2D eigenvalue weighted by Gasteiger charge is -2.43. The van der Waals surface area contributed by atoms with Crippen molar-refractivity contribution < 1.29 is 14.3 Å². The van der Waals surface area contributed by atoms with Gasteiger partial charge in [0.25, 0.3) is 11.5 Å². The average Bonchev–Trinajstić information content (AvgIpc) is 3.90. The monoisotopic (exact) mass is 705 g/mol. The van der Waals surface area contributed by atoms with E-state index in [-0.39, 0.29) is 34.0 Å². The maximum absolute atomic E-state index is 13.6. The molecule has 276 valence electrons. The molecule has 0 bridgehead atoms. The molecule has 2 aliphatic heterocycles. The number of carbonyl (C=O) groups excluding carboxylic acids is 1. The van der Waals surface area contributed by atoms with Crippen LogP contribution in [0.3, 0.4) is 0 Å². The third-order valence-electron chi connectivity index (χ3n) is 11.5. The van der Waals surface area contributed by atoms with Crippen molar-refractivity contribution >= 4 is 5.91 Å². The Hall–Kier alpha value is -4.39. The van der Waals surface area contributed by atoms with Crippen molar-refractivity contribution in [1.82, 2.24) is 19.3 Å². The molecule has 1 atom stereocenters. The Labute approximate surface area is 309 Å². The fourth-order valence-corrected chi connectivity index (χ4v) is 8.48. The van der Waals surface area contributed by atoms with E-state index in [1.165, 1.54) is 16.7 Å². The Kier molecular flexibility index (Phi) is 10.5. The van der Waals surface area contributed by atoms with Gasteiger partial charge in [-0.1, -0.05) is 52.0 Å². The van der Waals surface area contributed by atoms with Gasteiger partial charge in [0.15, 0.2) is 0 Å². The number of hydrogen-bond donors (Lipinski definition) is 0. The summed E-state index contributed by atoms with van der Waals surface area (Å²) in [5.74, 6) is 1.43. The minimum Gasteiger partial charge on any atom is -0.496 e. The number of ether oxygens (including phenoxy) is 2. The van der Waals surface area contributed by atoms with Crippen LogP contribution in [0.15, 0.2) is 53.0 Å². The summed E-state index contributed by atoms with van der Waals surface area (Å²) in [6, 6.07) is 12.9. The molecule has 1 saturated heterocycles. The molecule has 1 aromatic heterocycles. The van der Waals surface area contributed by atoms with Crippen LogP contribution < -0.4 is 15.0 Å². The Bertz CT molecular complexity index is 1970. The zero-order chi connectivity index (χ0) is 37.5. The van der Waals surface area contributed by atoms with Gasteiger partial charge in [0.1, 0.15) is 23.1 Å². The number of hydrogen-bond acceptors (Lipinski definition) is 7. The predicted molar refractivity (Wildman–Crippen MR) is 205 cm³/mol. The molecule has 2 fully saturated rings. The number of aryl methyl sites for hydroxylation is 1. The Morgan fingerprint density at radius 1 is 1.04 bits per heavy atom. The Balaban J connectivity index is 1.20. The van der Waals surface area contributed by atoms with Gasteiger partial charge in [0.2, 0.25) is 0 Å². The molecule has 1 unspecified atom stereocenters. The van der Waals surface area contributed by atoms with Crippen molar-refractivity contribution in [3.8, 4) is 28.7 Å². The normalized spacial score (nSPS) is 19.0. The molecule has 0 radical (unpaired) electrons. The first-order valence-electron chi connectivity index (χ1n) is 18.7.